The summed E-state index contributed by atoms with van der Waals surface area (Å²) in [6, 6.07) is 0.810. The first-order chi connectivity index (χ1) is 9.09. The number of halogens is 6. The number of ether oxygens (including phenoxy) is 1. The van der Waals surface area contributed by atoms with Gasteiger partial charge in [-0.2, -0.15) is 26.3 Å². The van der Waals surface area contributed by atoms with E-state index in [4.69, 9.17) is 5.21 Å². The van der Waals surface area contributed by atoms with Gasteiger partial charge >= 0.3 is 12.4 Å². The first kappa shape index (κ1) is 16.1. The normalized spacial score (nSPS) is 13.4. The minimum Gasteiger partial charge on any atom is -0.475 e. The highest BCUT2D eigenvalue weighted by Crippen LogP contribution is 2.36. The molecule has 0 saturated heterocycles. The molecule has 1 aromatic rings. The van der Waals surface area contributed by atoms with E-state index in [0.29, 0.717) is 12.1 Å². The molecule has 0 amide bonds. The molecule has 1 aromatic carbocycles. The molecule has 9 heteroatoms. The SMILES string of the molecule is CCOC(=NO)c1cc(C(F)(F)F)cc(C(F)(F)F)c1. The first-order valence-corrected chi connectivity index (χ1v) is 5.24. The Kier molecular flexibility index (Phi) is 4.51. The van der Waals surface area contributed by atoms with Gasteiger partial charge in [-0.05, 0) is 30.3 Å². The van der Waals surface area contributed by atoms with Crippen LogP contribution >= 0.6 is 0 Å². The molecule has 0 aliphatic heterocycles. The molecule has 0 unspecified atom stereocenters. The van der Waals surface area contributed by atoms with E-state index < -0.39 is 34.9 Å². The van der Waals surface area contributed by atoms with Crippen molar-refractivity contribution in [2.75, 3.05) is 6.61 Å². The van der Waals surface area contributed by atoms with E-state index in [2.05, 4.69) is 9.89 Å². The van der Waals surface area contributed by atoms with E-state index >= 15 is 0 Å². The van der Waals surface area contributed by atoms with Gasteiger partial charge in [0.15, 0.2) is 0 Å². The van der Waals surface area contributed by atoms with Crippen molar-refractivity contribution in [1.82, 2.24) is 0 Å². The van der Waals surface area contributed by atoms with E-state index in [1.807, 2.05) is 0 Å². The van der Waals surface area contributed by atoms with Crippen molar-refractivity contribution in [3.63, 3.8) is 0 Å². The second-order valence-electron chi connectivity index (χ2n) is 3.63. The highest BCUT2D eigenvalue weighted by molar-refractivity contribution is 5.94. The molecule has 0 bridgehead atoms. The van der Waals surface area contributed by atoms with Crippen LogP contribution < -0.4 is 0 Å². The molecule has 0 radical (unpaired) electrons. The zero-order valence-electron chi connectivity index (χ0n) is 10.0. The number of nitrogens with zero attached hydrogens (tertiary/aromatic N) is 1. The number of oxime groups is 1. The number of hydrogen-bond acceptors (Lipinski definition) is 3. The minimum atomic E-state index is -4.97. The average molecular weight is 301 g/mol. The van der Waals surface area contributed by atoms with Crippen LogP contribution in [0.2, 0.25) is 0 Å². The lowest BCUT2D eigenvalue weighted by Crippen LogP contribution is -2.15. The Morgan fingerprint density at radius 1 is 1.05 bits per heavy atom. The van der Waals surface area contributed by atoms with Crippen molar-refractivity contribution in [3.8, 4) is 0 Å². The van der Waals surface area contributed by atoms with Crippen molar-refractivity contribution in [3.05, 3.63) is 34.9 Å². The standard InChI is InChI=1S/C11H9F6NO2/c1-2-20-9(18-19)6-3-7(10(12,13)14)5-8(4-6)11(15,16)17/h3-5,19H,2H2,1H3. The largest absolute Gasteiger partial charge is 0.475 e. The van der Waals surface area contributed by atoms with Crippen molar-refractivity contribution in [2.24, 2.45) is 5.16 Å². The molecule has 0 heterocycles. The Bertz CT molecular complexity index is 474. The van der Waals surface area contributed by atoms with Crippen LogP contribution in [0.5, 0.6) is 0 Å². The van der Waals surface area contributed by atoms with Crippen molar-refractivity contribution < 1.29 is 36.3 Å². The van der Waals surface area contributed by atoms with Crippen LogP contribution in [0.25, 0.3) is 0 Å². The fourth-order valence-corrected chi connectivity index (χ4v) is 1.39. The monoisotopic (exact) mass is 301 g/mol. The summed E-state index contributed by atoms with van der Waals surface area (Å²) in [6.45, 7) is 1.35. The van der Waals surface area contributed by atoms with Crippen molar-refractivity contribution in [1.29, 1.82) is 0 Å². The second-order valence-corrected chi connectivity index (χ2v) is 3.63. The fraction of sp³-hybridized carbons (Fsp3) is 0.364. The smallest absolute Gasteiger partial charge is 0.416 e. The summed E-state index contributed by atoms with van der Waals surface area (Å²) < 4.78 is 80.2. The highest BCUT2D eigenvalue weighted by atomic mass is 19.4. The average Bonchev–Trinajstić information content (AvgIpc) is 2.33. The molecule has 0 aliphatic rings. The lowest BCUT2D eigenvalue weighted by molar-refractivity contribution is -0.143. The molecule has 0 fully saturated rings. The number of hydrogen-bond donors (Lipinski definition) is 1. The van der Waals surface area contributed by atoms with Gasteiger partial charge in [0.1, 0.15) is 0 Å². The summed E-state index contributed by atoms with van der Waals surface area (Å²) in [7, 11) is 0. The van der Waals surface area contributed by atoms with Crippen LogP contribution in [0.15, 0.2) is 23.4 Å². The Morgan fingerprint density at radius 3 is 1.80 bits per heavy atom. The lowest BCUT2D eigenvalue weighted by atomic mass is 10.0. The number of alkyl halides is 6. The van der Waals surface area contributed by atoms with Gasteiger partial charge in [0.25, 0.3) is 5.90 Å². The maximum absolute atomic E-state index is 12.6. The topological polar surface area (TPSA) is 41.8 Å². The molecule has 1 N–H and O–H groups in total. The number of benzene rings is 1. The zero-order chi connectivity index (χ0) is 15.6. The van der Waals surface area contributed by atoms with Gasteiger partial charge in [-0.3, -0.25) is 0 Å². The van der Waals surface area contributed by atoms with Crippen LogP contribution in [0.1, 0.15) is 23.6 Å². The number of rotatable bonds is 2. The van der Waals surface area contributed by atoms with E-state index in [9.17, 15) is 26.3 Å². The molecule has 0 aromatic heterocycles. The van der Waals surface area contributed by atoms with Gasteiger partial charge in [0.05, 0.1) is 17.7 Å². The zero-order valence-corrected chi connectivity index (χ0v) is 10.0. The van der Waals surface area contributed by atoms with Gasteiger partial charge in [0.2, 0.25) is 0 Å². The first-order valence-electron chi connectivity index (χ1n) is 5.24. The van der Waals surface area contributed by atoms with Gasteiger partial charge in [0, 0.05) is 5.56 Å². The fourth-order valence-electron chi connectivity index (χ4n) is 1.39. The van der Waals surface area contributed by atoms with E-state index in [-0.39, 0.29) is 12.7 Å². The van der Waals surface area contributed by atoms with Crippen LogP contribution in [-0.4, -0.2) is 17.7 Å². The van der Waals surface area contributed by atoms with Crippen LogP contribution in [0.4, 0.5) is 26.3 Å². The van der Waals surface area contributed by atoms with E-state index in [0.717, 1.165) is 0 Å². The van der Waals surface area contributed by atoms with Crippen LogP contribution in [-0.2, 0) is 17.1 Å². The maximum Gasteiger partial charge on any atom is 0.416 e. The summed E-state index contributed by atoms with van der Waals surface area (Å²) in [4.78, 5) is 0. The van der Waals surface area contributed by atoms with E-state index in [1.54, 1.807) is 0 Å². The van der Waals surface area contributed by atoms with E-state index in [1.165, 1.54) is 6.92 Å². The van der Waals surface area contributed by atoms with Crippen molar-refractivity contribution in [2.45, 2.75) is 19.3 Å². The quantitative estimate of drug-likeness (QED) is 0.296. The highest BCUT2D eigenvalue weighted by Gasteiger charge is 2.37. The molecular weight excluding hydrogens is 292 g/mol. The van der Waals surface area contributed by atoms with Crippen LogP contribution in [0.3, 0.4) is 0 Å². The third-order valence-electron chi connectivity index (χ3n) is 2.21. The van der Waals surface area contributed by atoms with Gasteiger partial charge < -0.3 is 9.94 Å². The molecule has 0 saturated carbocycles. The third kappa shape index (κ3) is 3.78. The molecule has 0 spiro atoms. The van der Waals surface area contributed by atoms with Gasteiger partial charge in [-0.1, -0.05) is 0 Å². The maximum atomic E-state index is 12.6. The Labute approximate surface area is 109 Å². The molecule has 0 atom stereocenters. The lowest BCUT2D eigenvalue weighted by Gasteiger charge is -2.14. The Morgan fingerprint density at radius 2 is 1.50 bits per heavy atom. The van der Waals surface area contributed by atoms with Crippen LogP contribution in [0, 0.1) is 0 Å². The van der Waals surface area contributed by atoms with Crippen molar-refractivity contribution >= 4 is 5.90 Å². The van der Waals surface area contributed by atoms with Gasteiger partial charge in [-0.25, -0.2) is 0 Å². The predicted molar refractivity (Wildman–Crippen MR) is 56.4 cm³/mol. The Balaban J connectivity index is 3.46. The molecule has 20 heavy (non-hydrogen) atoms. The predicted octanol–water partition coefficient (Wildman–Crippen LogP) is 3.90. The minimum absolute atomic E-state index is 0.0234. The second kappa shape index (κ2) is 5.59. The molecule has 0 aliphatic carbocycles. The third-order valence-corrected chi connectivity index (χ3v) is 2.21. The summed E-state index contributed by atoms with van der Waals surface area (Å²) in [6.07, 6.45) is -9.94. The Hall–Kier alpha value is -1.93. The summed E-state index contributed by atoms with van der Waals surface area (Å²) in [5.74, 6) is -0.718. The molecule has 112 valence electrons. The summed E-state index contributed by atoms with van der Waals surface area (Å²) in [5, 5.41) is 11.2. The molecule has 3 nitrogen and oxygen atoms in total. The molecule has 1 rings (SSSR count). The molecular formula is C11H9F6NO2. The summed E-state index contributed by atoms with van der Waals surface area (Å²) >= 11 is 0. The summed E-state index contributed by atoms with van der Waals surface area (Å²) in [5.41, 5.74) is -3.64. The van der Waals surface area contributed by atoms with Gasteiger partial charge in [-0.15, -0.1) is 0 Å².